The largest absolute Gasteiger partial charge is 0.756 e. The number of phosphoric ester groups is 1. The van der Waals surface area contributed by atoms with Crippen LogP contribution in [0.25, 0.3) is 0 Å². The highest BCUT2D eigenvalue weighted by Gasteiger charge is 2.21. The van der Waals surface area contributed by atoms with Crippen LogP contribution < -0.4 is 4.89 Å². The van der Waals surface area contributed by atoms with E-state index in [4.69, 9.17) is 18.5 Å². The number of nitrogens with zero attached hydrogens (tertiary/aromatic N) is 1. The quantitative estimate of drug-likeness (QED) is 0.0219. The number of hydrogen-bond acceptors (Lipinski definition) is 8. The van der Waals surface area contributed by atoms with Crippen LogP contribution in [0.3, 0.4) is 0 Å². The molecule has 0 spiro atoms. The zero-order valence-electron chi connectivity index (χ0n) is 31.2. The van der Waals surface area contributed by atoms with E-state index in [1.165, 1.54) is 44.9 Å². The van der Waals surface area contributed by atoms with Crippen molar-refractivity contribution < 1.29 is 42.1 Å². The van der Waals surface area contributed by atoms with Crippen LogP contribution in [0, 0.1) is 0 Å². The molecule has 280 valence electrons. The molecule has 0 aromatic carbocycles. The molecular formula is C38H70NO8P. The van der Waals surface area contributed by atoms with Crippen molar-refractivity contribution in [2.75, 3.05) is 47.5 Å². The van der Waals surface area contributed by atoms with Gasteiger partial charge in [0.2, 0.25) is 0 Å². The second kappa shape index (κ2) is 31.2. The number of phosphoric acid groups is 1. The summed E-state index contributed by atoms with van der Waals surface area (Å²) in [5.74, 6) is -0.870. The summed E-state index contributed by atoms with van der Waals surface area (Å²) >= 11 is 0. The molecule has 9 nitrogen and oxygen atoms in total. The molecule has 0 aliphatic carbocycles. The third-order valence-electron chi connectivity index (χ3n) is 7.66. The van der Waals surface area contributed by atoms with E-state index in [0.29, 0.717) is 23.9 Å². The van der Waals surface area contributed by atoms with Crippen molar-refractivity contribution in [3.05, 3.63) is 36.5 Å². The van der Waals surface area contributed by atoms with Gasteiger partial charge >= 0.3 is 11.9 Å². The molecule has 1 unspecified atom stereocenters. The van der Waals surface area contributed by atoms with Gasteiger partial charge < -0.3 is 27.9 Å². The second-order valence-corrected chi connectivity index (χ2v) is 15.0. The predicted octanol–water partition coefficient (Wildman–Crippen LogP) is 9.16. The predicted molar refractivity (Wildman–Crippen MR) is 194 cm³/mol. The first-order chi connectivity index (χ1) is 23.0. The minimum atomic E-state index is -4.61. The number of carbonyl (C=O) groups excluding carboxylic acids is 2. The smallest absolute Gasteiger partial charge is 0.306 e. The number of rotatable bonds is 33. The molecule has 0 saturated carbocycles. The maximum atomic E-state index is 12.5. The van der Waals surface area contributed by atoms with Crippen LogP contribution in [0.15, 0.2) is 36.5 Å². The van der Waals surface area contributed by atoms with Crippen LogP contribution in [0.2, 0.25) is 0 Å². The summed E-state index contributed by atoms with van der Waals surface area (Å²) < 4.78 is 33.6. The Morgan fingerprint density at radius 1 is 0.646 bits per heavy atom. The van der Waals surface area contributed by atoms with E-state index in [1.807, 2.05) is 21.1 Å². The zero-order valence-corrected chi connectivity index (χ0v) is 32.1. The van der Waals surface area contributed by atoms with Gasteiger partial charge in [-0.3, -0.25) is 14.2 Å². The lowest BCUT2D eigenvalue weighted by Crippen LogP contribution is -2.37. The molecule has 0 aliphatic heterocycles. The van der Waals surface area contributed by atoms with Crippen LogP contribution in [-0.2, 0) is 32.7 Å². The molecule has 0 rings (SSSR count). The Balaban J connectivity index is 4.39. The zero-order chi connectivity index (χ0) is 35.8. The fourth-order valence-corrected chi connectivity index (χ4v) is 5.39. The number of ether oxygens (including phenoxy) is 2. The minimum absolute atomic E-state index is 0.0348. The summed E-state index contributed by atoms with van der Waals surface area (Å²) in [4.78, 5) is 37.1. The molecule has 0 bridgehead atoms. The fourth-order valence-electron chi connectivity index (χ4n) is 4.66. The Morgan fingerprint density at radius 3 is 1.71 bits per heavy atom. The van der Waals surface area contributed by atoms with Crippen LogP contribution in [0.1, 0.15) is 142 Å². The molecule has 0 radical (unpaired) electrons. The van der Waals surface area contributed by atoms with E-state index < -0.39 is 32.5 Å². The van der Waals surface area contributed by atoms with Gasteiger partial charge in [-0.2, -0.15) is 0 Å². The van der Waals surface area contributed by atoms with Crippen molar-refractivity contribution in [2.24, 2.45) is 0 Å². The SMILES string of the molecule is CCCCC/C=C/C/C=C/C/C=C/CCCCCCC(=O)OC[C@@H](COP(=O)([O-])OCC[N+](C)(C)C)OC(=O)CCCCCCCCC. The minimum Gasteiger partial charge on any atom is -0.756 e. The first-order valence-electron chi connectivity index (χ1n) is 18.7. The summed E-state index contributed by atoms with van der Waals surface area (Å²) in [6.45, 7) is 4.09. The molecule has 0 fully saturated rings. The number of carbonyl (C=O) groups is 2. The van der Waals surface area contributed by atoms with Crippen LogP contribution in [0.4, 0.5) is 0 Å². The number of esters is 2. The van der Waals surface area contributed by atoms with Crippen LogP contribution in [-0.4, -0.2) is 70.0 Å². The number of likely N-dealkylation sites (N-methyl/N-ethyl adjacent to an activating group) is 1. The summed E-state index contributed by atoms with van der Waals surface area (Å²) in [6.07, 6.45) is 31.9. The van der Waals surface area contributed by atoms with Crippen molar-refractivity contribution in [1.82, 2.24) is 0 Å². The number of hydrogen-bond donors (Lipinski definition) is 0. The van der Waals surface area contributed by atoms with E-state index in [9.17, 15) is 19.0 Å². The summed E-state index contributed by atoms with van der Waals surface area (Å²) in [5.41, 5.74) is 0. The second-order valence-electron chi connectivity index (χ2n) is 13.6. The normalized spacial score (nSPS) is 14.2. The lowest BCUT2D eigenvalue weighted by atomic mass is 10.1. The van der Waals surface area contributed by atoms with E-state index in [-0.39, 0.29) is 26.1 Å². The molecule has 0 heterocycles. The number of unbranched alkanes of at least 4 members (excludes halogenated alkanes) is 13. The molecule has 2 atom stereocenters. The number of allylic oxidation sites excluding steroid dienone is 6. The van der Waals surface area contributed by atoms with Gasteiger partial charge in [0.05, 0.1) is 27.7 Å². The van der Waals surface area contributed by atoms with Crippen molar-refractivity contribution in [1.29, 1.82) is 0 Å². The summed E-state index contributed by atoms with van der Waals surface area (Å²) in [6, 6.07) is 0. The lowest BCUT2D eigenvalue weighted by Gasteiger charge is -2.28. The Labute approximate surface area is 293 Å². The highest BCUT2D eigenvalue weighted by molar-refractivity contribution is 7.45. The highest BCUT2D eigenvalue weighted by atomic mass is 31.2. The average Bonchev–Trinajstić information content (AvgIpc) is 3.02. The molecular weight excluding hydrogens is 629 g/mol. The van der Waals surface area contributed by atoms with Gasteiger partial charge in [-0.25, -0.2) is 0 Å². The first-order valence-corrected chi connectivity index (χ1v) is 20.2. The molecule has 0 aliphatic rings. The third-order valence-corrected chi connectivity index (χ3v) is 8.63. The van der Waals surface area contributed by atoms with E-state index in [1.54, 1.807) is 0 Å². The Bertz CT molecular complexity index is 928. The molecule has 0 amide bonds. The van der Waals surface area contributed by atoms with Gasteiger partial charge in [-0.05, 0) is 51.4 Å². The first kappa shape index (κ1) is 46.2. The summed E-state index contributed by atoms with van der Waals surface area (Å²) in [5, 5.41) is 0. The van der Waals surface area contributed by atoms with Crippen LogP contribution >= 0.6 is 7.82 Å². The maximum Gasteiger partial charge on any atom is 0.306 e. The molecule has 48 heavy (non-hydrogen) atoms. The Morgan fingerprint density at radius 2 is 1.12 bits per heavy atom. The van der Waals surface area contributed by atoms with E-state index in [0.717, 1.165) is 57.8 Å². The average molecular weight is 700 g/mol. The topological polar surface area (TPSA) is 111 Å². The molecule has 0 N–H and O–H groups in total. The van der Waals surface area contributed by atoms with Crippen molar-refractivity contribution in [3.8, 4) is 0 Å². The molecule has 0 aromatic heterocycles. The van der Waals surface area contributed by atoms with Gasteiger partial charge in [0.25, 0.3) is 7.82 Å². The molecule has 0 saturated heterocycles. The van der Waals surface area contributed by atoms with E-state index >= 15 is 0 Å². The molecule has 10 heteroatoms. The maximum absolute atomic E-state index is 12.5. The summed E-state index contributed by atoms with van der Waals surface area (Å²) in [7, 11) is 1.15. The number of quaternary nitrogens is 1. The monoisotopic (exact) mass is 699 g/mol. The van der Waals surface area contributed by atoms with Gasteiger partial charge in [0.1, 0.15) is 19.8 Å². The van der Waals surface area contributed by atoms with Crippen molar-refractivity contribution in [2.45, 2.75) is 148 Å². The van der Waals surface area contributed by atoms with Gasteiger partial charge in [0, 0.05) is 12.8 Å². The van der Waals surface area contributed by atoms with E-state index in [2.05, 4.69) is 50.3 Å². The van der Waals surface area contributed by atoms with Gasteiger partial charge in [0.15, 0.2) is 6.10 Å². The van der Waals surface area contributed by atoms with Crippen molar-refractivity contribution in [3.63, 3.8) is 0 Å². The Hall–Kier alpha value is -1.77. The lowest BCUT2D eigenvalue weighted by molar-refractivity contribution is -0.870. The van der Waals surface area contributed by atoms with Crippen LogP contribution in [0.5, 0.6) is 0 Å². The van der Waals surface area contributed by atoms with Gasteiger partial charge in [-0.15, -0.1) is 0 Å². The van der Waals surface area contributed by atoms with Crippen molar-refractivity contribution >= 4 is 19.8 Å². The highest BCUT2D eigenvalue weighted by Crippen LogP contribution is 2.38. The fraction of sp³-hybridized carbons (Fsp3) is 0.789. The Kier molecular flexibility index (Phi) is 30.1. The standard InChI is InChI=1S/C38H70NO8P/c1-6-8-10-12-14-15-16-17-18-19-20-21-22-23-25-26-28-30-37(40)44-34-36(35-46-48(42,43)45-33-32-39(3,4)5)47-38(41)31-29-27-24-13-11-9-7-2/h14-15,17-18,20-21,36H,6-13,16,19,22-35H2,1-5H3/b15-14+,18-17+,21-20+/t36-/m0/s1. The van der Waals surface area contributed by atoms with Gasteiger partial charge in [-0.1, -0.05) is 115 Å². The molecule has 0 aromatic rings. The third kappa shape index (κ3) is 34.1.